The van der Waals surface area contributed by atoms with Gasteiger partial charge in [0.1, 0.15) is 0 Å². The zero-order valence-electron chi connectivity index (χ0n) is 9.24. The Balaban J connectivity index is 1.90. The molecule has 1 fully saturated rings. The molecule has 1 aliphatic carbocycles. The van der Waals surface area contributed by atoms with E-state index in [1.807, 2.05) is 0 Å². The van der Waals surface area contributed by atoms with Crippen molar-refractivity contribution >= 4 is 11.4 Å². The van der Waals surface area contributed by atoms with Crippen molar-refractivity contribution in [1.29, 1.82) is 0 Å². The van der Waals surface area contributed by atoms with Crippen molar-refractivity contribution in [3.8, 4) is 0 Å². The van der Waals surface area contributed by atoms with Crippen LogP contribution < -0.4 is 10.2 Å². The number of hydrogen-bond donors (Lipinski definition) is 1. The summed E-state index contributed by atoms with van der Waals surface area (Å²) < 4.78 is 0. The Morgan fingerprint density at radius 2 is 2.13 bits per heavy atom. The van der Waals surface area contributed by atoms with Gasteiger partial charge in [0.05, 0.1) is 11.4 Å². The molecule has 1 saturated carbocycles. The van der Waals surface area contributed by atoms with E-state index >= 15 is 0 Å². The van der Waals surface area contributed by atoms with Gasteiger partial charge in [-0.15, -0.1) is 0 Å². The molecule has 1 atom stereocenters. The number of benzene rings is 1. The average molecular weight is 202 g/mol. The van der Waals surface area contributed by atoms with Crippen LogP contribution in [0.1, 0.15) is 19.8 Å². The third kappa shape index (κ3) is 1.69. The zero-order chi connectivity index (χ0) is 10.3. The number of nitrogens with zero attached hydrogens (tertiary/aromatic N) is 1. The molecule has 2 aliphatic rings. The van der Waals surface area contributed by atoms with Gasteiger partial charge in [0.25, 0.3) is 0 Å². The van der Waals surface area contributed by atoms with Gasteiger partial charge in [0.2, 0.25) is 0 Å². The minimum Gasteiger partial charge on any atom is -0.381 e. The van der Waals surface area contributed by atoms with E-state index in [-0.39, 0.29) is 0 Å². The van der Waals surface area contributed by atoms with Gasteiger partial charge in [-0.3, -0.25) is 0 Å². The second kappa shape index (κ2) is 3.44. The lowest BCUT2D eigenvalue weighted by Gasteiger charge is -2.37. The normalized spacial score (nSPS) is 24.6. The Morgan fingerprint density at radius 3 is 2.93 bits per heavy atom. The molecule has 15 heavy (non-hydrogen) atoms. The number of fused-ring (bicyclic) bond motifs is 1. The monoisotopic (exact) mass is 202 g/mol. The van der Waals surface area contributed by atoms with E-state index in [0.29, 0.717) is 6.04 Å². The summed E-state index contributed by atoms with van der Waals surface area (Å²) in [6.07, 6.45) is 2.86. The van der Waals surface area contributed by atoms with Crippen LogP contribution in [0.3, 0.4) is 0 Å². The quantitative estimate of drug-likeness (QED) is 0.793. The highest BCUT2D eigenvalue weighted by molar-refractivity contribution is 5.72. The van der Waals surface area contributed by atoms with Gasteiger partial charge >= 0.3 is 0 Å². The summed E-state index contributed by atoms with van der Waals surface area (Å²) in [5.41, 5.74) is 2.69. The van der Waals surface area contributed by atoms with E-state index < -0.39 is 0 Å². The lowest BCUT2D eigenvalue weighted by atomic mass is 10.1. The highest BCUT2D eigenvalue weighted by Gasteiger charge is 2.29. The third-order valence-corrected chi connectivity index (χ3v) is 3.49. The standard InChI is InChI=1S/C13H18N2/c1-10-8-14-12-4-2-3-5-13(12)15(10)9-11-6-7-11/h2-5,10-11,14H,6-9H2,1H3. The van der Waals surface area contributed by atoms with Crippen molar-refractivity contribution in [2.24, 2.45) is 5.92 Å². The molecule has 1 heterocycles. The van der Waals surface area contributed by atoms with Crippen molar-refractivity contribution in [1.82, 2.24) is 0 Å². The predicted octanol–water partition coefficient (Wildman–Crippen LogP) is 2.72. The van der Waals surface area contributed by atoms with E-state index in [4.69, 9.17) is 0 Å². The van der Waals surface area contributed by atoms with Crippen LogP contribution in [-0.2, 0) is 0 Å². The first-order chi connectivity index (χ1) is 7.34. The van der Waals surface area contributed by atoms with Crippen LogP contribution in [0.4, 0.5) is 11.4 Å². The first kappa shape index (κ1) is 9.08. The number of anilines is 2. The summed E-state index contributed by atoms with van der Waals surface area (Å²) in [7, 11) is 0. The Morgan fingerprint density at radius 1 is 1.33 bits per heavy atom. The number of hydrogen-bond acceptors (Lipinski definition) is 2. The zero-order valence-corrected chi connectivity index (χ0v) is 9.24. The molecule has 80 valence electrons. The second-order valence-electron chi connectivity index (χ2n) is 4.84. The van der Waals surface area contributed by atoms with Gasteiger partial charge in [-0.1, -0.05) is 12.1 Å². The second-order valence-corrected chi connectivity index (χ2v) is 4.84. The van der Waals surface area contributed by atoms with Crippen LogP contribution in [0.25, 0.3) is 0 Å². The van der Waals surface area contributed by atoms with Crippen molar-refractivity contribution < 1.29 is 0 Å². The minimum atomic E-state index is 0.625. The van der Waals surface area contributed by atoms with E-state index in [0.717, 1.165) is 12.5 Å². The van der Waals surface area contributed by atoms with Gasteiger partial charge in [-0.05, 0) is 37.8 Å². The molecule has 1 aromatic carbocycles. The molecule has 1 unspecified atom stereocenters. The van der Waals surface area contributed by atoms with E-state index in [9.17, 15) is 0 Å². The summed E-state index contributed by atoms with van der Waals surface area (Å²) in [6.45, 7) is 4.63. The van der Waals surface area contributed by atoms with Crippen LogP contribution in [-0.4, -0.2) is 19.1 Å². The topological polar surface area (TPSA) is 15.3 Å². The van der Waals surface area contributed by atoms with Gasteiger partial charge in [-0.2, -0.15) is 0 Å². The van der Waals surface area contributed by atoms with Gasteiger partial charge < -0.3 is 10.2 Å². The molecule has 0 bridgehead atoms. The molecular formula is C13H18N2. The number of rotatable bonds is 2. The molecule has 0 spiro atoms. The maximum Gasteiger partial charge on any atom is 0.0605 e. The van der Waals surface area contributed by atoms with Crippen molar-refractivity contribution in [3.63, 3.8) is 0 Å². The molecule has 2 heteroatoms. The molecule has 1 aromatic rings. The SMILES string of the molecule is CC1CNc2ccccc2N1CC1CC1. The molecule has 0 amide bonds. The van der Waals surface area contributed by atoms with Gasteiger partial charge in [0.15, 0.2) is 0 Å². The van der Waals surface area contributed by atoms with Crippen molar-refractivity contribution in [3.05, 3.63) is 24.3 Å². The lowest BCUT2D eigenvalue weighted by molar-refractivity contribution is 0.613. The predicted molar refractivity (Wildman–Crippen MR) is 64.5 cm³/mol. The number of para-hydroxylation sites is 2. The Kier molecular flexibility index (Phi) is 2.08. The molecule has 0 saturated heterocycles. The van der Waals surface area contributed by atoms with Gasteiger partial charge in [0, 0.05) is 19.1 Å². The number of nitrogens with one attached hydrogen (secondary N) is 1. The molecule has 0 radical (unpaired) electrons. The highest BCUT2D eigenvalue weighted by atomic mass is 15.2. The van der Waals surface area contributed by atoms with Crippen molar-refractivity contribution in [2.75, 3.05) is 23.3 Å². The van der Waals surface area contributed by atoms with Crippen molar-refractivity contribution in [2.45, 2.75) is 25.8 Å². The summed E-state index contributed by atoms with van der Waals surface area (Å²) in [5, 5.41) is 3.49. The van der Waals surface area contributed by atoms with Gasteiger partial charge in [-0.25, -0.2) is 0 Å². The molecule has 1 aliphatic heterocycles. The van der Waals surface area contributed by atoms with E-state index in [1.54, 1.807) is 0 Å². The summed E-state index contributed by atoms with van der Waals surface area (Å²) in [4.78, 5) is 2.57. The minimum absolute atomic E-state index is 0.625. The summed E-state index contributed by atoms with van der Waals surface area (Å²) >= 11 is 0. The Hall–Kier alpha value is -1.18. The van der Waals surface area contributed by atoms with E-state index in [2.05, 4.69) is 41.4 Å². The first-order valence-electron chi connectivity index (χ1n) is 5.94. The Bertz CT molecular complexity index is 357. The fourth-order valence-corrected chi connectivity index (χ4v) is 2.34. The van der Waals surface area contributed by atoms with Crippen LogP contribution in [0, 0.1) is 5.92 Å². The molecule has 1 N–H and O–H groups in total. The van der Waals surface area contributed by atoms with Crippen LogP contribution in [0.2, 0.25) is 0 Å². The molecule has 0 aromatic heterocycles. The van der Waals surface area contributed by atoms with Crippen LogP contribution >= 0.6 is 0 Å². The van der Waals surface area contributed by atoms with Crippen LogP contribution in [0.5, 0.6) is 0 Å². The summed E-state index contributed by atoms with van der Waals surface area (Å²) in [6, 6.07) is 9.29. The van der Waals surface area contributed by atoms with E-state index in [1.165, 1.54) is 30.8 Å². The average Bonchev–Trinajstić information content (AvgIpc) is 3.06. The fraction of sp³-hybridized carbons (Fsp3) is 0.538. The fourth-order valence-electron chi connectivity index (χ4n) is 2.34. The molecule has 2 nitrogen and oxygen atoms in total. The lowest BCUT2D eigenvalue weighted by Crippen LogP contribution is -2.43. The highest BCUT2D eigenvalue weighted by Crippen LogP contribution is 2.36. The maximum absolute atomic E-state index is 3.49. The van der Waals surface area contributed by atoms with Crippen LogP contribution in [0.15, 0.2) is 24.3 Å². The smallest absolute Gasteiger partial charge is 0.0605 e. The largest absolute Gasteiger partial charge is 0.381 e. The maximum atomic E-state index is 3.49. The Labute approximate surface area is 91.3 Å². The molecule has 3 rings (SSSR count). The third-order valence-electron chi connectivity index (χ3n) is 3.49. The summed E-state index contributed by atoms with van der Waals surface area (Å²) in [5.74, 6) is 0.957. The first-order valence-corrected chi connectivity index (χ1v) is 5.94. The molecular weight excluding hydrogens is 184 g/mol.